The van der Waals surface area contributed by atoms with E-state index in [1.165, 1.54) is 7.11 Å². The van der Waals surface area contributed by atoms with Crippen LogP contribution in [0.2, 0.25) is 0 Å². The third-order valence-electron chi connectivity index (χ3n) is 3.71. The maximum Gasteiger partial charge on any atom is 0.328 e. The number of amides is 1. The first-order chi connectivity index (χ1) is 9.52. The quantitative estimate of drug-likeness (QED) is 0.779. The number of esters is 1. The highest BCUT2D eigenvalue weighted by Gasteiger charge is 2.33. The van der Waals surface area contributed by atoms with Crippen LogP contribution in [0.1, 0.15) is 40.7 Å². The van der Waals surface area contributed by atoms with E-state index in [1.807, 2.05) is 32.0 Å². The van der Waals surface area contributed by atoms with E-state index in [0.29, 0.717) is 18.5 Å². The molecule has 0 radical (unpaired) electrons. The van der Waals surface area contributed by atoms with Crippen molar-refractivity contribution in [2.24, 2.45) is 0 Å². The van der Waals surface area contributed by atoms with Gasteiger partial charge < -0.3 is 9.64 Å². The minimum absolute atomic E-state index is 0.0769. The van der Waals surface area contributed by atoms with Gasteiger partial charge in [0.25, 0.3) is 5.91 Å². The molecule has 4 nitrogen and oxygen atoms in total. The second kappa shape index (κ2) is 6.07. The van der Waals surface area contributed by atoms with Crippen molar-refractivity contribution in [1.82, 2.24) is 4.90 Å². The van der Waals surface area contributed by atoms with Gasteiger partial charge in [-0.05, 0) is 45.2 Å². The fraction of sp³-hybridized carbons (Fsp3) is 0.500. The average Bonchev–Trinajstić information content (AvgIpc) is 2.44. The van der Waals surface area contributed by atoms with Gasteiger partial charge in [-0.15, -0.1) is 0 Å². The summed E-state index contributed by atoms with van der Waals surface area (Å²) in [4.78, 5) is 26.1. The van der Waals surface area contributed by atoms with Gasteiger partial charge in [0.05, 0.1) is 7.11 Å². The number of aryl methyl sites for hydroxylation is 2. The van der Waals surface area contributed by atoms with E-state index >= 15 is 0 Å². The molecule has 1 saturated heterocycles. The van der Waals surface area contributed by atoms with Crippen LogP contribution in [0.15, 0.2) is 18.2 Å². The molecule has 0 bridgehead atoms. The zero-order valence-electron chi connectivity index (χ0n) is 12.3. The molecule has 1 aromatic carbocycles. The first kappa shape index (κ1) is 14.6. The molecule has 1 heterocycles. The van der Waals surface area contributed by atoms with Gasteiger partial charge in [0.15, 0.2) is 0 Å². The number of hydrogen-bond acceptors (Lipinski definition) is 3. The molecule has 1 fully saturated rings. The van der Waals surface area contributed by atoms with Crippen molar-refractivity contribution in [3.05, 3.63) is 34.9 Å². The predicted octanol–water partition coefficient (Wildman–Crippen LogP) is 2.47. The molecule has 1 amide bonds. The van der Waals surface area contributed by atoms with Crippen molar-refractivity contribution in [3.8, 4) is 0 Å². The van der Waals surface area contributed by atoms with Crippen molar-refractivity contribution in [2.45, 2.75) is 39.2 Å². The summed E-state index contributed by atoms with van der Waals surface area (Å²) in [5, 5.41) is 0. The molecule has 2 rings (SSSR count). The number of nitrogens with zero attached hydrogens (tertiary/aromatic N) is 1. The topological polar surface area (TPSA) is 46.6 Å². The molecule has 0 spiro atoms. The van der Waals surface area contributed by atoms with Crippen LogP contribution in [0.25, 0.3) is 0 Å². The van der Waals surface area contributed by atoms with Crippen molar-refractivity contribution in [1.29, 1.82) is 0 Å². The third-order valence-corrected chi connectivity index (χ3v) is 3.71. The van der Waals surface area contributed by atoms with E-state index in [-0.39, 0.29) is 11.9 Å². The Morgan fingerprint density at radius 3 is 2.40 bits per heavy atom. The zero-order chi connectivity index (χ0) is 14.7. The first-order valence-corrected chi connectivity index (χ1v) is 7.00. The molecule has 4 heteroatoms. The molecule has 1 atom stereocenters. The Morgan fingerprint density at radius 1 is 1.15 bits per heavy atom. The Kier molecular flexibility index (Phi) is 4.42. The largest absolute Gasteiger partial charge is 0.467 e. The smallest absolute Gasteiger partial charge is 0.328 e. The maximum absolute atomic E-state index is 12.7. The Hall–Kier alpha value is -1.84. The highest BCUT2D eigenvalue weighted by molar-refractivity contribution is 5.97. The van der Waals surface area contributed by atoms with Crippen LogP contribution in [-0.2, 0) is 9.53 Å². The first-order valence-electron chi connectivity index (χ1n) is 7.00. The number of methoxy groups -OCH3 is 1. The minimum atomic E-state index is -0.443. The SMILES string of the molecule is COC(=O)C1CCCCN1C(=O)c1cc(C)cc(C)c1. The minimum Gasteiger partial charge on any atom is -0.467 e. The fourth-order valence-electron chi connectivity index (χ4n) is 2.82. The lowest BCUT2D eigenvalue weighted by atomic mass is 9.99. The summed E-state index contributed by atoms with van der Waals surface area (Å²) in [6, 6.07) is 5.34. The van der Waals surface area contributed by atoms with E-state index in [4.69, 9.17) is 4.74 Å². The van der Waals surface area contributed by atoms with E-state index in [2.05, 4.69) is 0 Å². The van der Waals surface area contributed by atoms with Gasteiger partial charge >= 0.3 is 5.97 Å². The predicted molar refractivity (Wildman–Crippen MR) is 76.6 cm³/mol. The molecular formula is C16H21NO3. The van der Waals surface area contributed by atoms with Gasteiger partial charge in [0, 0.05) is 12.1 Å². The van der Waals surface area contributed by atoms with E-state index in [9.17, 15) is 9.59 Å². The van der Waals surface area contributed by atoms with Crippen LogP contribution in [-0.4, -0.2) is 36.5 Å². The molecule has 0 saturated carbocycles. The Bertz CT molecular complexity index is 504. The fourth-order valence-corrected chi connectivity index (χ4v) is 2.82. The number of carbonyl (C=O) groups is 2. The second-order valence-corrected chi connectivity index (χ2v) is 5.41. The molecule has 108 valence electrons. The van der Waals surface area contributed by atoms with Crippen LogP contribution in [0.3, 0.4) is 0 Å². The number of benzene rings is 1. The molecule has 0 aliphatic carbocycles. The Morgan fingerprint density at radius 2 is 1.80 bits per heavy atom. The normalized spacial score (nSPS) is 18.8. The monoisotopic (exact) mass is 275 g/mol. The lowest BCUT2D eigenvalue weighted by Gasteiger charge is -2.33. The summed E-state index contributed by atoms with van der Waals surface area (Å²) >= 11 is 0. The Balaban J connectivity index is 2.27. The summed E-state index contributed by atoms with van der Waals surface area (Å²) in [5.74, 6) is -0.394. The van der Waals surface area contributed by atoms with E-state index in [0.717, 1.165) is 24.0 Å². The zero-order valence-corrected chi connectivity index (χ0v) is 12.3. The van der Waals surface area contributed by atoms with Crippen molar-refractivity contribution >= 4 is 11.9 Å². The summed E-state index contributed by atoms with van der Waals surface area (Å²) in [7, 11) is 1.37. The molecule has 20 heavy (non-hydrogen) atoms. The summed E-state index contributed by atoms with van der Waals surface area (Å²) in [6.45, 7) is 4.56. The number of rotatable bonds is 2. The van der Waals surface area contributed by atoms with Gasteiger partial charge in [0.2, 0.25) is 0 Å². The number of piperidine rings is 1. The summed E-state index contributed by atoms with van der Waals surface area (Å²) in [6.07, 6.45) is 2.57. The van der Waals surface area contributed by atoms with Gasteiger partial charge in [0.1, 0.15) is 6.04 Å². The van der Waals surface area contributed by atoms with Gasteiger partial charge in [-0.25, -0.2) is 4.79 Å². The van der Waals surface area contributed by atoms with Crippen LogP contribution >= 0.6 is 0 Å². The van der Waals surface area contributed by atoms with E-state index < -0.39 is 6.04 Å². The lowest BCUT2D eigenvalue weighted by Crippen LogP contribution is -2.48. The van der Waals surface area contributed by atoms with Crippen molar-refractivity contribution in [3.63, 3.8) is 0 Å². The second-order valence-electron chi connectivity index (χ2n) is 5.41. The van der Waals surface area contributed by atoms with Crippen LogP contribution in [0.5, 0.6) is 0 Å². The standard InChI is InChI=1S/C16H21NO3/c1-11-8-12(2)10-13(9-11)15(18)17-7-5-4-6-14(17)16(19)20-3/h8-10,14H,4-7H2,1-3H3. The Labute approximate surface area is 119 Å². The molecule has 1 unspecified atom stereocenters. The van der Waals surface area contributed by atoms with Gasteiger partial charge in [-0.3, -0.25) is 4.79 Å². The number of ether oxygens (including phenoxy) is 1. The molecule has 1 aliphatic heterocycles. The van der Waals surface area contributed by atoms with Gasteiger partial charge in [-0.1, -0.05) is 17.2 Å². The maximum atomic E-state index is 12.7. The highest BCUT2D eigenvalue weighted by atomic mass is 16.5. The van der Waals surface area contributed by atoms with Crippen LogP contribution in [0.4, 0.5) is 0 Å². The van der Waals surface area contributed by atoms with Crippen molar-refractivity contribution in [2.75, 3.05) is 13.7 Å². The molecule has 1 aliphatic rings. The number of likely N-dealkylation sites (tertiary alicyclic amines) is 1. The number of hydrogen-bond donors (Lipinski definition) is 0. The molecular weight excluding hydrogens is 254 g/mol. The highest BCUT2D eigenvalue weighted by Crippen LogP contribution is 2.21. The van der Waals surface area contributed by atoms with E-state index in [1.54, 1.807) is 4.90 Å². The molecule has 0 N–H and O–H groups in total. The average molecular weight is 275 g/mol. The van der Waals surface area contributed by atoms with Gasteiger partial charge in [-0.2, -0.15) is 0 Å². The summed E-state index contributed by atoms with van der Waals surface area (Å²) in [5.41, 5.74) is 2.76. The van der Waals surface area contributed by atoms with Crippen molar-refractivity contribution < 1.29 is 14.3 Å². The summed E-state index contributed by atoms with van der Waals surface area (Å²) < 4.78 is 4.82. The number of carbonyl (C=O) groups excluding carboxylic acids is 2. The van der Waals surface area contributed by atoms with Crippen LogP contribution in [0, 0.1) is 13.8 Å². The molecule has 1 aromatic rings. The van der Waals surface area contributed by atoms with Crippen LogP contribution < -0.4 is 0 Å². The lowest BCUT2D eigenvalue weighted by molar-refractivity contribution is -0.147. The molecule has 0 aromatic heterocycles. The third kappa shape index (κ3) is 3.00.